The first-order chi connectivity index (χ1) is 13.2. The largest absolute Gasteiger partial charge is 0.321 e. The van der Waals surface area contributed by atoms with E-state index >= 15 is 0 Å². The van der Waals surface area contributed by atoms with Crippen molar-refractivity contribution in [2.75, 3.05) is 10.6 Å². The predicted molar refractivity (Wildman–Crippen MR) is 106 cm³/mol. The van der Waals surface area contributed by atoms with Gasteiger partial charge in [-0.1, -0.05) is 18.9 Å². The molecule has 3 aromatic rings. The molecule has 1 fully saturated rings. The summed E-state index contributed by atoms with van der Waals surface area (Å²) in [5.74, 6) is 0.385. The Morgan fingerprint density at radius 2 is 1.78 bits per heavy atom. The lowest BCUT2D eigenvalue weighted by molar-refractivity contribution is 0.102. The smallest absolute Gasteiger partial charge is 0.265 e. The molecule has 6 nitrogen and oxygen atoms in total. The van der Waals surface area contributed by atoms with Crippen LogP contribution in [-0.2, 0) is 0 Å². The Labute approximate surface area is 161 Å². The molecule has 0 atom stereocenters. The van der Waals surface area contributed by atoms with Gasteiger partial charge in [-0.25, -0.2) is 4.68 Å². The van der Waals surface area contributed by atoms with Crippen LogP contribution >= 0.6 is 11.3 Å². The Hall–Kier alpha value is -2.93. The third-order valence-electron chi connectivity index (χ3n) is 4.73. The molecule has 1 aliphatic carbocycles. The summed E-state index contributed by atoms with van der Waals surface area (Å²) in [5.41, 5.74) is 1.18. The van der Waals surface area contributed by atoms with Crippen molar-refractivity contribution < 1.29 is 9.59 Å². The van der Waals surface area contributed by atoms with Crippen molar-refractivity contribution in [1.82, 2.24) is 9.78 Å². The quantitative estimate of drug-likeness (QED) is 0.681. The highest BCUT2D eigenvalue weighted by Crippen LogP contribution is 2.31. The lowest BCUT2D eigenvalue weighted by atomic mass is 10.2. The van der Waals surface area contributed by atoms with Crippen LogP contribution in [0.25, 0.3) is 0 Å². The van der Waals surface area contributed by atoms with Crippen LogP contribution in [0.3, 0.4) is 0 Å². The summed E-state index contributed by atoms with van der Waals surface area (Å²) in [5, 5.41) is 12.0. The van der Waals surface area contributed by atoms with E-state index in [9.17, 15) is 9.59 Å². The maximum Gasteiger partial charge on any atom is 0.265 e. The van der Waals surface area contributed by atoms with Crippen molar-refractivity contribution in [3.05, 3.63) is 64.5 Å². The molecule has 0 saturated heterocycles. The number of carbonyl (C=O) groups excluding carboxylic acids is 2. The van der Waals surface area contributed by atoms with Crippen molar-refractivity contribution in [2.24, 2.45) is 0 Å². The molecule has 2 aromatic heterocycles. The second kappa shape index (κ2) is 7.75. The summed E-state index contributed by atoms with van der Waals surface area (Å²) in [4.78, 5) is 25.3. The van der Waals surface area contributed by atoms with E-state index in [-0.39, 0.29) is 11.8 Å². The summed E-state index contributed by atoms with van der Waals surface area (Å²) >= 11 is 1.39. The highest BCUT2D eigenvalue weighted by Gasteiger charge is 2.20. The van der Waals surface area contributed by atoms with E-state index in [1.165, 1.54) is 24.2 Å². The van der Waals surface area contributed by atoms with Gasteiger partial charge in [0.05, 0.1) is 17.1 Å². The molecule has 0 bridgehead atoms. The van der Waals surface area contributed by atoms with E-state index in [2.05, 4.69) is 15.7 Å². The Balaban J connectivity index is 1.41. The number of thiophene rings is 1. The Bertz CT molecular complexity index is 925. The summed E-state index contributed by atoms with van der Waals surface area (Å²) < 4.78 is 1.92. The predicted octanol–water partition coefficient (Wildman–Crippen LogP) is 4.56. The van der Waals surface area contributed by atoms with Gasteiger partial charge in [-0.2, -0.15) is 5.10 Å². The number of aromatic nitrogens is 2. The third-order valence-corrected chi connectivity index (χ3v) is 5.60. The Morgan fingerprint density at radius 3 is 2.48 bits per heavy atom. The first-order valence-electron chi connectivity index (χ1n) is 9.00. The lowest BCUT2D eigenvalue weighted by Crippen LogP contribution is -2.17. The zero-order valence-electron chi connectivity index (χ0n) is 14.7. The van der Waals surface area contributed by atoms with Gasteiger partial charge in [0.1, 0.15) is 5.82 Å². The molecule has 0 spiro atoms. The molecule has 1 saturated carbocycles. The summed E-state index contributed by atoms with van der Waals surface area (Å²) in [6.07, 6.45) is 6.33. The molecular weight excluding hydrogens is 360 g/mol. The van der Waals surface area contributed by atoms with Crippen LogP contribution in [0.15, 0.2) is 54.0 Å². The number of nitrogens with zero attached hydrogens (tertiary/aromatic N) is 2. The van der Waals surface area contributed by atoms with Gasteiger partial charge < -0.3 is 10.6 Å². The molecule has 138 valence electrons. The number of rotatable bonds is 5. The normalized spacial score (nSPS) is 14.2. The number of anilines is 2. The van der Waals surface area contributed by atoms with Crippen molar-refractivity contribution >= 4 is 34.7 Å². The molecule has 2 amide bonds. The standard InChI is InChI=1S/C20H20N4O2S/c25-19(23-18-11-12-21-24(18)16-4-1-2-5-16)14-7-9-15(10-8-14)22-20(26)17-6-3-13-27-17/h3,6-13,16H,1-2,4-5H2,(H,22,26)(H,23,25). The number of hydrogen-bond donors (Lipinski definition) is 2. The first-order valence-corrected chi connectivity index (χ1v) is 9.88. The van der Waals surface area contributed by atoms with Crippen LogP contribution in [0.4, 0.5) is 11.5 Å². The molecule has 1 aliphatic rings. The minimum absolute atomic E-state index is 0.150. The molecule has 0 aliphatic heterocycles. The second-order valence-corrected chi connectivity index (χ2v) is 7.51. The second-order valence-electron chi connectivity index (χ2n) is 6.56. The van der Waals surface area contributed by atoms with Gasteiger partial charge in [-0.15, -0.1) is 11.3 Å². The SMILES string of the molecule is O=C(Nc1ccnn1C1CCCC1)c1ccc(NC(=O)c2cccs2)cc1. The fraction of sp³-hybridized carbons (Fsp3) is 0.250. The summed E-state index contributed by atoms with van der Waals surface area (Å²) in [7, 11) is 0. The van der Waals surface area contributed by atoms with Crippen LogP contribution < -0.4 is 10.6 Å². The Kier molecular flexibility index (Phi) is 5.02. The lowest BCUT2D eigenvalue weighted by Gasteiger charge is -2.14. The van der Waals surface area contributed by atoms with Gasteiger partial charge in [-0.05, 0) is 48.6 Å². The first kappa shape index (κ1) is 17.5. The highest BCUT2D eigenvalue weighted by atomic mass is 32.1. The van der Waals surface area contributed by atoms with Crippen LogP contribution in [0, 0.1) is 0 Å². The van der Waals surface area contributed by atoms with Crippen molar-refractivity contribution in [3.8, 4) is 0 Å². The molecular formula is C20H20N4O2S. The molecule has 1 aromatic carbocycles. The zero-order valence-corrected chi connectivity index (χ0v) is 15.5. The zero-order chi connectivity index (χ0) is 18.6. The maximum atomic E-state index is 12.6. The molecule has 27 heavy (non-hydrogen) atoms. The van der Waals surface area contributed by atoms with Crippen molar-refractivity contribution in [2.45, 2.75) is 31.7 Å². The van der Waals surface area contributed by atoms with E-state index in [0.717, 1.165) is 18.7 Å². The maximum absolute atomic E-state index is 12.6. The molecule has 0 radical (unpaired) electrons. The topological polar surface area (TPSA) is 76.0 Å². The Morgan fingerprint density at radius 1 is 1.00 bits per heavy atom. The fourth-order valence-corrected chi connectivity index (χ4v) is 3.97. The van der Waals surface area contributed by atoms with Crippen molar-refractivity contribution in [1.29, 1.82) is 0 Å². The monoisotopic (exact) mass is 380 g/mol. The highest BCUT2D eigenvalue weighted by molar-refractivity contribution is 7.12. The van der Waals surface area contributed by atoms with Crippen LogP contribution in [0.5, 0.6) is 0 Å². The van der Waals surface area contributed by atoms with Gasteiger partial charge in [-0.3, -0.25) is 9.59 Å². The van der Waals surface area contributed by atoms with Gasteiger partial charge in [0.25, 0.3) is 11.8 Å². The van der Waals surface area contributed by atoms with E-state index < -0.39 is 0 Å². The molecule has 0 unspecified atom stereocenters. The van der Waals surface area contributed by atoms with Crippen LogP contribution in [-0.4, -0.2) is 21.6 Å². The van der Waals surface area contributed by atoms with E-state index in [4.69, 9.17) is 0 Å². The number of benzene rings is 1. The van der Waals surface area contributed by atoms with Crippen LogP contribution in [0.1, 0.15) is 51.8 Å². The molecule has 2 heterocycles. The summed E-state index contributed by atoms with van der Waals surface area (Å²) in [6.45, 7) is 0. The molecule has 4 rings (SSSR count). The van der Waals surface area contributed by atoms with Crippen molar-refractivity contribution in [3.63, 3.8) is 0 Å². The van der Waals surface area contributed by atoms with E-state index in [0.29, 0.717) is 22.2 Å². The number of amides is 2. The molecule has 7 heteroatoms. The average molecular weight is 380 g/mol. The van der Waals surface area contributed by atoms with Gasteiger partial charge in [0, 0.05) is 17.3 Å². The number of nitrogens with one attached hydrogen (secondary N) is 2. The average Bonchev–Trinajstić information content (AvgIpc) is 3.43. The fourth-order valence-electron chi connectivity index (χ4n) is 3.35. The van der Waals surface area contributed by atoms with Gasteiger partial charge in [0.2, 0.25) is 0 Å². The number of hydrogen-bond acceptors (Lipinski definition) is 4. The third kappa shape index (κ3) is 3.93. The van der Waals surface area contributed by atoms with Gasteiger partial charge >= 0.3 is 0 Å². The van der Waals surface area contributed by atoms with E-state index in [1.807, 2.05) is 22.2 Å². The van der Waals surface area contributed by atoms with Crippen LogP contribution in [0.2, 0.25) is 0 Å². The van der Waals surface area contributed by atoms with Gasteiger partial charge in [0.15, 0.2) is 0 Å². The van der Waals surface area contributed by atoms with E-state index in [1.54, 1.807) is 36.5 Å². The summed E-state index contributed by atoms with van der Waals surface area (Å²) in [6, 6.07) is 12.7. The minimum Gasteiger partial charge on any atom is -0.321 e. The number of carbonyl (C=O) groups is 2. The molecule has 2 N–H and O–H groups in total. The minimum atomic E-state index is -0.189.